The summed E-state index contributed by atoms with van der Waals surface area (Å²) in [6.07, 6.45) is 0.332. The van der Waals surface area contributed by atoms with Gasteiger partial charge in [-0.2, -0.15) is 4.99 Å². The van der Waals surface area contributed by atoms with E-state index in [1.54, 1.807) is 19.2 Å². The van der Waals surface area contributed by atoms with Gasteiger partial charge in [-0.05, 0) is 61.4 Å². The van der Waals surface area contributed by atoms with Gasteiger partial charge in [-0.3, -0.25) is 4.79 Å². The molecular formula is C21H23FN2O2S2. The quantitative estimate of drug-likeness (QED) is 0.522. The number of methoxy groups -OCH3 is 1. The third-order valence-electron chi connectivity index (χ3n) is 4.44. The van der Waals surface area contributed by atoms with Gasteiger partial charge in [0, 0.05) is 30.7 Å². The molecule has 4 nitrogen and oxygen atoms in total. The molecule has 0 saturated carbocycles. The van der Waals surface area contributed by atoms with Crippen LogP contribution in [0.15, 0.2) is 46.3 Å². The molecule has 3 rings (SSSR count). The molecule has 1 amide bonds. The van der Waals surface area contributed by atoms with E-state index in [2.05, 4.69) is 35.5 Å². The van der Waals surface area contributed by atoms with E-state index in [1.807, 2.05) is 0 Å². The number of thioether (sulfide) groups is 1. The molecule has 0 unspecified atom stereocenters. The van der Waals surface area contributed by atoms with Gasteiger partial charge >= 0.3 is 0 Å². The summed E-state index contributed by atoms with van der Waals surface area (Å²) in [5.41, 5.74) is 3.52. The van der Waals surface area contributed by atoms with Crippen molar-refractivity contribution in [3.05, 3.63) is 58.1 Å². The van der Waals surface area contributed by atoms with E-state index >= 15 is 0 Å². The SMILES string of the molecule is COCCn1c(=NC(=O)CCSc2ccc(F)cc2)sc2cc(C)c(C)cc21. The van der Waals surface area contributed by atoms with E-state index in [0.29, 0.717) is 30.1 Å². The van der Waals surface area contributed by atoms with Crippen LogP contribution in [0.1, 0.15) is 17.5 Å². The summed E-state index contributed by atoms with van der Waals surface area (Å²) in [4.78, 5) is 18.4. The molecule has 0 atom stereocenters. The van der Waals surface area contributed by atoms with Crippen LogP contribution in [-0.4, -0.2) is 29.9 Å². The van der Waals surface area contributed by atoms with E-state index in [1.165, 1.54) is 46.4 Å². The van der Waals surface area contributed by atoms with Crippen LogP contribution in [0.25, 0.3) is 10.2 Å². The van der Waals surface area contributed by atoms with Gasteiger partial charge in [0.15, 0.2) is 4.80 Å². The van der Waals surface area contributed by atoms with Crippen molar-refractivity contribution in [2.45, 2.75) is 31.7 Å². The van der Waals surface area contributed by atoms with E-state index in [0.717, 1.165) is 15.1 Å². The molecule has 0 spiro atoms. The van der Waals surface area contributed by atoms with Crippen molar-refractivity contribution in [2.24, 2.45) is 4.99 Å². The van der Waals surface area contributed by atoms with Crippen molar-refractivity contribution >= 4 is 39.2 Å². The predicted molar refractivity (Wildman–Crippen MR) is 113 cm³/mol. The molecule has 0 aliphatic carbocycles. The number of aryl methyl sites for hydroxylation is 2. The molecule has 0 fully saturated rings. The number of aromatic nitrogens is 1. The second-order valence-electron chi connectivity index (χ2n) is 6.49. The zero-order valence-corrected chi connectivity index (χ0v) is 17.8. The maximum atomic E-state index is 13.0. The Morgan fingerprint density at radius 3 is 2.64 bits per heavy atom. The average Bonchev–Trinajstić information content (AvgIpc) is 2.98. The zero-order valence-electron chi connectivity index (χ0n) is 16.2. The number of rotatable bonds is 7. The van der Waals surface area contributed by atoms with Gasteiger partial charge < -0.3 is 9.30 Å². The first-order valence-corrected chi connectivity index (χ1v) is 10.8. The summed E-state index contributed by atoms with van der Waals surface area (Å²) in [6, 6.07) is 10.6. The number of halogens is 1. The third kappa shape index (κ3) is 5.10. The second-order valence-corrected chi connectivity index (χ2v) is 8.67. The van der Waals surface area contributed by atoms with Gasteiger partial charge in [0.1, 0.15) is 5.82 Å². The highest BCUT2D eigenvalue weighted by Gasteiger charge is 2.10. The number of fused-ring (bicyclic) bond motifs is 1. The summed E-state index contributed by atoms with van der Waals surface area (Å²) in [5.74, 6) is 0.196. The van der Waals surface area contributed by atoms with Gasteiger partial charge in [0.05, 0.1) is 16.8 Å². The lowest BCUT2D eigenvalue weighted by molar-refractivity contribution is -0.117. The first kappa shape index (κ1) is 20.8. The Morgan fingerprint density at radius 1 is 1.21 bits per heavy atom. The maximum absolute atomic E-state index is 13.0. The minimum absolute atomic E-state index is 0.152. The van der Waals surface area contributed by atoms with Crippen molar-refractivity contribution in [3.63, 3.8) is 0 Å². The van der Waals surface area contributed by atoms with Crippen LogP contribution in [0.3, 0.4) is 0 Å². The number of thiazole rings is 1. The predicted octanol–water partition coefficient (Wildman–Crippen LogP) is 4.71. The van der Waals surface area contributed by atoms with Crippen LogP contribution < -0.4 is 4.80 Å². The number of nitrogens with zero attached hydrogens (tertiary/aromatic N) is 2. The van der Waals surface area contributed by atoms with Crippen LogP contribution in [0.5, 0.6) is 0 Å². The monoisotopic (exact) mass is 418 g/mol. The summed E-state index contributed by atoms with van der Waals surface area (Å²) < 4.78 is 21.4. The van der Waals surface area contributed by atoms with Gasteiger partial charge in [-0.15, -0.1) is 11.8 Å². The topological polar surface area (TPSA) is 43.6 Å². The number of hydrogen-bond donors (Lipinski definition) is 0. The molecule has 2 aromatic carbocycles. The van der Waals surface area contributed by atoms with E-state index in [4.69, 9.17) is 4.74 Å². The summed E-state index contributed by atoms with van der Waals surface area (Å²) in [5, 5.41) is 0. The van der Waals surface area contributed by atoms with Crippen LogP contribution in [0.2, 0.25) is 0 Å². The number of ether oxygens (including phenoxy) is 1. The number of amides is 1. The van der Waals surface area contributed by atoms with Crippen molar-refractivity contribution < 1.29 is 13.9 Å². The largest absolute Gasteiger partial charge is 0.383 e. The molecule has 1 aromatic heterocycles. The normalized spacial score (nSPS) is 12.1. The lowest BCUT2D eigenvalue weighted by Crippen LogP contribution is -2.19. The number of hydrogen-bond acceptors (Lipinski definition) is 4. The fraction of sp³-hybridized carbons (Fsp3) is 0.333. The summed E-state index contributed by atoms with van der Waals surface area (Å²) in [7, 11) is 1.67. The van der Waals surface area contributed by atoms with Gasteiger partial charge in [0.25, 0.3) is 0 Å². The van der Waals surface area contributed by atoms with E-state index < -0.39 is 0 Å². The fourth-order valence-electron chi connectivity index (χ4n) is 2.76. The molecule has 1 heterocycles. The van der Waals surface area contributed by atoms with Crippen molar-refractivity contribution in [1.29, 1.82) is 0 Å². The lowest BCUT2D eigenvalue weighted by Gasteiger charge is -2.06. The van der Waals surface area contributed by atoms with Gasteiger partial charge in [-0.1, -0.05) is 11.3 Å². The average molecular weight is 419 g/mol. The third-order valence-corrected chi connectivity index (χ3v) is 6.49. The van der Waals surface area contributed by atoms with Crippen molar-refractivity contribution in [3.8, 4) is 0 Å². The molecular weight excluding hydrogens is 395 g/mol. The van der Waals surface area contributed by atoms with Crippen LogP contribution >= 0.6 is 23.1 Å². The highest BCUT2D eigenvalue weighted by atomic mass is 32.2. The first-order valence-electron chi connectivity index (χ1n) is 9.03. The molecule has 0 bridgehead atoms. The Kier molecular flexibility index (Phi) is 7.04. The van der Waals surface area contributed by atoms with Gasteiger partial charge in [-0.25, -0.2) is 4.39 Å². The highest BCUT2D eigenvalue weighted by Crippen LogP contribution is 2.22. The van der Waals surface area contributed by atoms with Gasteiger partial charge in [0.2, 0.25) is 5.91 Å². The Morgan fingerprint density at radius 2 is 1.93 bits per heavy atom. The van der Waals surface area contributed by atoms with E-state index in [9.17, 15) is 9.18 Å². The minimum atomic E-state index is -0.258. The molecule has 0 aliphatic heterocycles. The summed E-state index contributed by atoms with van der Waals surface area (Å²) in [6.45, 7) is 5.38. The zero-order chi connectivity index (χ0) is 20.1. The van der Waals surface area contributed by atoms with Crippen LogP contribution in [-0.2, 0) is 16.1 Å². The Labute approximate surface area is 172 Å². The fourth-order valence-corrected chi connectivity index (χ4v) is 4.75. The molecule has 0 aliphatic rings. The molecule has 3 aromatic rings. The number of carbonyl (C=O) groups is 1. The lowest BCUT2D eigenvalue weighted by atomic mass is 10.1. The smallest absolute Gasteiger partial charge is 0.249 e. The first-order chi connectivity index (χ1) is 13.5. The Bertz CT molecular complexity index is 1040. The number of benzene rings is 2. The number of carbonyl (C=O) groups excluding carboxylic acids is 1. The summed E-state index contributed by atoms with van der Waals surface area (Å²) >= 11 is 3.05. The molecule has 0 saturated heterocycles. The van der Waals surface area contributed by atoms with E-state index in [-0.39, 0.29) is 11.7 Å². The minimum Gasteiger partial charge on any atom is -0.383 e. The maximum Gasteiger partial charge on any atom is 0.249 e. The van der Waals surface area contributed by atoms with Crippen molar-refractivity contribution in [2.75, 3.05) is 19.5 Å². The second kappa shape index (κ2) is 9.49. The Hall–Kier alpha value is -1.96. The van der Waals surface area contributed by atoms with Crippen molar-refractivity contribution in [1.82, 2.24) is 4.57 Å². The highest BCUT2D eigenvalue weighted by molar-refractivity contribution is 7.99. The molecule has 7 heteroatoms. The Balaban J connectivity index is 1.79. The van der Waals surface area contributed by atoms with Crippen LogP contribution in [0, 0.1) is 19.7 Å². The molecule has 148 valence electrons. The molecule has 0 N–H and O–H groups in total. The standard InChI is InChI=1S/C21H23FN2O2S2/c1-14-12-18-19(13-15(14)2)28-21(24(18)9-10-26-3)23-20(25)8-11-27-17-6-4-16(22)5-7-17/h4-7,12-13H,8-11H2,1-3H3. The molecule has 28 heavy (non-hydrogen) atoms. The molecule has 0 radical (unpaired) electrons. The van der Waals surface area contributed by atoms with Crippen LogP contribution in [0.4, 0.5) is 4.39 Å².